The second-order valence-corrected chi connectivity index (χ2v) is 8.65. The molecule has 0 spiro atoms. The van der Waals surface area contributed by atoms with Gasteiger partial charge in [-0.2, -0.15) is 0 Å². The number of nitrogens with zero attached hydrogens (tertiary/aromatic N) is 1. The quantitative estimate of drug-likeness (QED) is 0.421. The fraction of sp³-hybridized carbons (Fsp3) is 0.321. The topological polar surface area (TPSA) is 20.3 Å². The first-order valence-electron chi connectivity index (χ1n) is 11.1. The van der Waals surface area contributed by atoms with Gasteiger partial charge in [0.1, 0.15) is 0 Å². The predicted molar refractivity (Wildman–Crippen MR) is 124 cm³/mol. The summed E-state index contributed by atoms with van der Waals surface area (Å²) in [6, 6.07) is 28.2. The van der Waals surface area contributed by atoms with Crippen LogP contribution in [0.4, 0.5) is 0 Å². The molecule has 4 rings (SSSR count). The zero-order chi connectivity index (χ0) is 20.9. The number of Topliss-reactive ketones (excluding diaryl/α,β-unsaturated/α-hetero) is 1. The third-order valence-electron chi connectivity index (χ3n) is 6.20. The molecule has 2 heteroatoms. The van der Waals surface area contributed by atoms with Crippen LogP contribution in [-0.2, 0) is 6.54 Å². The summed E-state index contributed by atoms with van der Waals surface area (Å²) in [5, 5.41) is 0. The summed E-state index contributed by atoms with van der Waals surface area (Å²) in [5.41, 5.74) is 5.93. The van der Waals surface area contributed by atoms with E-state index in [-0.39, 0.29) is 11.7 Å². The fourth-order valence-electron chi connectivity index (χ4n) is 4.51. The molecule has 154 valence electrons. The van der Waals surface area contributed by atoms with E-state index >= 15 is 0 Å². The first kappa shape index (κ1) is 20.6. The van der Waals surface area contributed by atoms with E-state index in [4.69, 9.17) is 0 Å². The van der Waals surface area contributed by atoms with Crippen LogP contribution >= 0.6 is 0 Å². The van der Waals surface area contributed by atoms with E-state index in [0.29, 0.717) is 6.04 Å². The molecule has 1 heterocycles. The Bertz CT molecular complexity index is 975. The van der Waals surface area contributed by atoms with Crippen LogP contribution in [0.5, 0.6) is 0 Å². The van der Waals surface area contributed by atoms with Crippen LogP contribution in [0.3, 0.4) is 0 Å². The Morgan fingerprint density at radius 2 is 1.53 bits per heavy atom. The molecule has 0 aromatic heterocycles. The van der Waals surface area contributed by atoms with Gasteiger partial charge in [0.25, 0.3) is 0 Å². The van der Waals surface area contributed by atoms with Crippen LogP contribution in [-0.4, -0.2) is 17.2 Å². The Balaban J connectivity index is 1.57. The van der Waals surface area contributed by atoms with Gasteiger partial charge in [-0.25, -0.2) is 0 Å². The molecule has 30 heavy (non-hydrogen) atoms. The lowest BCUT2D eigenvalue weighted by Gasteiger charge is -2.36. The molecule has 0 saturated carbocycles. The van der Waals surface area contributed by atoms with E-state index in [9.17, 15) is 4.79 Å². The largest absolute Gasteiger partial charge is 0.294 e. The summed E-state index contributed by atoms with van der Waals surface area (Å²) in [6.45, 7) is 5.88. The molecule has 1 fully saturated rings. The Morgan fingerprint density at radius 3 is 2.27 bits per heavy atom. The molecule has 0 amide bonds. The van der Waals surface area contributed by atoms with Crippen LogP contribution in [0.15, 0.2) is 78.9 Å². The Morgan fingerprint density at radius 1 is 0.867 bits per heavy atom. The molecule has 0 N–H and O–H groups in total. The lowest BCUT2D eigenvalue weighted by atomic mass is 9.91. The van der Waals surface area contributed by atoms with Gasteiger partial charge in [0.2, 0.25) is 0 Å². The van der Waals surface area contributed by atoms with Gasteiger partial charge in [-0.3, -0.25) is 9.69 Å². The SMILES string of the molecule is CC(C)C(=O)c1ccccc1CN1CCCCC1c1ccc(-c2ccccc2)cc1. The fourth-order valence-corrected chi connectivity index (χ4v) is 4.51. The van der Waals surface area contributed by atoms with Crippen molar-refractivity contribution in [1.82, 2.24) is 4.90 Å². The van der Waals surface area contributed by atoms with Gasteiger partial charge in [-0.1, -0.05) is 99.1 Å². The van der Waals surface area contributed by atoms with Crippen LogP contribution in [0.25, 0.3) is 11.1 Å². The smallest absolute Gasteiger partial charge is 0.165 e. The highest BCUT2D eigenvalue weighted by molar-refractivity contribution is 5.98. The average Bonchev–Trinajstić information content (AvgIpc) is 2.80. The van der Waals surface area contributed by atoms with Gasteiger partial charge >= 0.3 is 0 Å². The zero-order valence-corrected chi connectivity index (χ0v) is 18.1. The van der Waals surface area contributed by atoms with Gasteiger partial charge in [0.15, 0.2) is 5.78 Å². The van der Waals surface area contributed by atoms with E-state index in [1.807, 2.05) is 26.0 Å². The number of likely N-dealkylation sites (tertiary alicyclic amines) is 1. The highest BCUT2D eigenvalue weighted by atomic mass is 16.1. The second-order valence-electron chi connectivity index (χ2n) is 8.65. The van der Waals surface area contributed by atoms with E-state index in [2.05, 4.69) is 71.6 Å². The minimum atomic E-state index is 0.0221. The first-order valence-corrected chi connectivity index (χ1v) is 11.1. The Kier molecular flexibility index (Phi) is 6.44. The summed E-state index contributed by atoms with van der Waals surface area (Å²) >= 11 is 0. The molecule has 3 aromatic carbocycles. The number of benzene rings is 3. The molecule has 1 saturated heterocycles. The maximum absolute atomic E-state index is 12.7. The van der Waals surface area contributed by atoms with Crippen molar-refractivity contribution in [2.75, 3.05) is 6.54 Å². The minimum absolute atomic E-state index is 0.0221. The normalized spacial score (nSPS) is 17.2. The van der Waals surface area contributed by atoms with E-state index in [1.54, 1.807) is 0 Å². The lowest BCUT2D eigenvalue weighted by molar-refractivity contribution is 0.0934. The van der Waals surface area contributed by atoms with Crippen molar-refractivity contribution < 1.29 is 4.79 Å². The van der Waals surface area contributed by atoms with Crippen molar-refractivity contribution >= 4 is 5.78 Å². The summed E-state index contributed by atoms with van der Waals surface area (Å²) < 4.78 is 0. The highest BCUT2D eigenvalue weighted by Gasteiger charge is 2.25. The van der Waals surface area contributed by atoms with Gasteiger partial charge in [0.05, 0.1) is 0 Å². The van der Waals surface area contributed by atoms with Crippen LogP contribution in [0.1, 0.15) is 60.6 Å². The molecule has 2 nitrogen and oxygen atoms in total. The number of ketones is 1. The number of hydrogen-bond donors (Lipinski definition) is 0. The number of carbonyl (C=O) groups is 1. The van der Waals surface area contributed by atoms with Gasteiger partial charge in [-0.05, 0) is 41.6 Å². The third kappa shape index (κ3) is 4.55. The molecule has 3 aromatic rings. The predicted octanol–water partition coefficient (Wildman–Crippen LogP) is 6.92. The molecule has 1 aliphatic rings. The number of carbonyl (C=O) groups excluding carboxylic acids is 1. The van der Waals surface area contributed by atoms with E-state index in [1.165, 1.54) is 36.0 Å². The zero-order valence-electron chi connectivity index (χ0n) is 18.1. The van der Waals surface area contributed by atoms with E-state index in [0.717, 1.165) is 24.2 Å². The number of hydrogen-bond acceptors (Lipinski definition) is 2. The van der Waals surface area contributed by atoms with Crippen LogP contribution < -0.4 is 0 Å². The van der Waals surface area contributed by atoms with Gasteiger partial charge < -0.3 is 0 Å². The van der Waals surface area contributed by atoms with Crippen molar-refractivity contribution in [3.8, 4) is 11.1 Å². The Labute approximate surface area is 180 Å². The molecule has 0 radical (unpaired) electrons. The maximum Gasteiger partial charge on any atom is 0.165 e. The molecular weight excluding hydrogens is 366 g/mol. The monoisotopic (exact) mass is 397 g/mol. The average molecular weight is 398 g/mol. The van der Waals surface area contributed by atoms with Crippen LogP contribution in [0.2, 0.25) is 0 Å². The second kappa shape index (κ2) is 9.40. The summed E-state index contributed by atoms with van der Waals surface area (Å²) in [6.07, 6.45) is 3.65. The number of piperidine rings is 1. The van der Waals surface area contributed by atoms with Crippen molar-refractivity contribution in [1.29, 1.82) is 0 Å². The number of rotatable bonds is 6. The molecule has 1 unspecified atom stereocenters. The highest BCUT2D eigenvalue weighted by Crippen LogP contribution is 2.34. The van der Waals surface area contributed by atoms with Gasteiger partial charge in [0, 0.05) is 24.1 Å². The summed E-state index contributed by atoms with van der Waals surface area (Å²) in [7, 11) is 0. The molecular formula is C28H31NO. The van der Waals surface area contributed by atoms with Crippen molar-refractivity contribution in [3.05, 3.63) is 95.6 Å². The third-order valence-corrected chi connectivity index (χ3v) is 6.20. The summed E-state index contributed by atoms with van der Waals surface area (Å²) in [4.78, 5) is 15.3. The molecule has 0 aliphatic carbocycles. The molecule has 1 atom stereocenters. The first-order chi connectivity index (χ1) is 14.6. The maximum atomic E-state index is 12.7. The standard InChI is InChI=1S/C28H31NO/c1-21(2)28(30)26-13-7-6-12-25(26)20-29-19-9-8-14-27(29)24-17-15-23(16-18-24)22-10-4-3-5-11-22/h3-7,10-13,15-18,21,27H,8-9,14,19-20H2,1-2H3. The lowest BCUT2D eigenvalue weighted by Crippen LogP contribution is -2.33. The van der Waals surface area contributed by atoms with E-state index < -0.39 is 0 Å². The summed E-state index contributed by atoms with van der Waals surface area (Å²) in [5.74, 6) is 0.264. The van der Waals surface area contributed by atoms with Crippen molar-refractivity contribution in [3.63, 3.8) is 0 Å². The minimum Gasteiger partial charge on any atom is -0.294 e. The molecule has 1 aliphatic heterocycles. The van der Waals surface area contributed by atoms with Crippen LogP contribution in [0, 0.1) is 5.92 Å². The van der Waals surface area contributed by atoms with Crippen molar-refractivity contribution in [2.24, 2.45) is 5.92 Å². The molecule has 0 bridgehead atoms. The Hall–Kier alpha value is -2.71. The van der Waals surface area contributed by atoms with Gasteiger partial charge in [-0.15, -0.1) is 0 Å². The van der Waals surface area contributed by atoms with Crippen molar-refractivity contribution in [2.45, 2.75) is 45.7 Å².